The minimum Gasteiger partial charge on any atom is -0.476 e. The molecule has 1 aliphatic rings. The number of hydrogen-bond donors (Lipinski definition) is 2. The van der Waals surface area contributed by atoms with Gasteiger partial charge in [0.15, 0.2) is 11.6 Å². The largest absolute Gasteiger partial charge is 0.476 e. The van der Waals surface area contributed by atoms with Crippen molar-refractivity contribution in [2.75, 3.05) is 19.6 Å². The molecule has 4 nitrogen and oxygen atoms in total. The Balaban J connectivity index is 0.00000225. The number of amides is 1. The van der Waals surface area contributed by atoms with Crippen LogP contribution in [0, 0.1) is 17.6 Å². The van der Waals surface area contributed by atoms with Crippen LogP contribution in [0.1, 0.15) is 11.7 Å². The van der Waals surface area contributed by atoms with E-state index in [4.69, 9.17) is 4.74 Å². The average molecular weight is 369 g/mol. The van der Waals surface area contributed by atoms with Gasteiger partial charge in [0.05, 0.1) is 0 Å². The number of carbonyl (C=O) groups excluding carboxylic acids is 1. The lowest BCUT2D eigenvalue weighted by Gasteiger charge is -2.28. The summed E-state index contributed by atoms with van der Waals surface area (Å²) in [6.45, 7) is 2.30. The van der Waals surface area contributed by atoms with Crippen LogP contribution in [-0.2, 0) is 4.79 Å². The standard InChI is InChI=1S/C18H18F2N2O2.ClH/c19-15-7-6-14(8-16(15)20)24-17(13-4-2-1-3-5-13)18(23)22-11-12-9-21-10-12;/h1-8,12,17,21H,9-11H2,(H,22,23);1H. The second kappa shape index (κ2) is 8.78. The summed E-state index contributed by atoms with van der Waals surface area (Å²) in [4.78, 5) is 12.5. The van der Waals surface area contributed by atoms with E-state index in [1.165, 1.54) is 6.07 Å². The summed E-state index contributed by atoms with van der Waals surface area (Å²) in [5.74, 6) is -1.77. The highest BCUT2D eigenvalue weighted by atomic mass is 35.5. The maximum Gasteiger partial charge on any atom is 0.265 e. The van der Waals surface area contributed by atoms with Crippen LogP contribution in [0.3, 0.4) is 0 Å². The Morgan fingerprint density at radius 3 is 2.48 bits per heavy atom. The number of benzene rings is 2. The topological polar surface area (TPSA) is 50.4 Å². The number of nitrogens with one attached hydrogen (secondary N) is 2. The predicted molar refractivity (Wildman–Crippen MR) is 92.8 cm³/mol. The van der Waals surface area contributed by atoms with Crippen LogP contribution < -0.4 is 15.4 Å². The number of rotatable bonds is 6. The summed E-state index contributed by atoms with van der Waals surface area (Å²) in [6.07, 6.45) is -0.927. The molecule has 7 heteroatoms. The third-order valence-corrected chi connectivity index (χ3v) is 3.92. The summed E-state index contributed by atoms with van der Waals surface area (Å²) in [7, 11) is 0. The van der Waals surface area contributed by atoms with Crippen molar-refractivity contribution in [2.45, 2.75) is 6.10 Å². The molecule has 0 bridgehead atoms. The normalized spacial score (nSPS) is 14.8. The minimum atomic E-state index is -1.01. The first kappa shape index (κ1) is 19.1. The Bertz CT molecular complexity index is 711. The van der Waals surface area contributed by atoms with Gasteiger partial charge in [-0.1, -0.05) is 30.3 Å². The van der Waals surface area contributed by atoms with Crippen molar-refractivity contribution < 1.29 is 18.3 Å². The van der Waals surface area contributed by atoms with Gasteiger partial charge >= 0.3 is 0 Å². The number of ether oxygens (including phenoxy) is 1. The molecule has 2 aromatic rings. The molecule has 2 aromatic carbocycles. The fourth-order valence-corrected chi connectivity index (χ4v) is 2.42. The average Bonchev–Trinajstić information content (AvgIpc) is 2.55. The van der Waals surface area contributed by atoms with Crippen molar-refractivity contribution >= 4 is 18.3 Å². The van der Waals surface area contributed by atoms with Crippen molar-refractivity contribution in [3.8, 4) is 5.75 Å². The summed E-state index contributed by atoms with van der Waals surface area (Å²) in [5.41, 5.74) is 0.645. The Morgan fingerprint density at radius 2 is 1.88 bits per heavy atom. The summed E-state index contributed by atoms with van der Waals surface area (Å²) < 4.78 is 32.1. The lowest BCUT2D eigenvalue weighted by atomic mass is 10.0. The molecular formula is C18H19ClF2N2O2. The lowest BCUT2D eigenvalue weighted by Crippen LogP contribution is -2.49. The molecule has 0 aliphatic carbocycles. The smallest absolute Gasteiger partial charge is 0.265 e. The lowest BCUT2D eigenvalue weighted by molar-refractivity contribution is -0.128. The van der Waals surface area contributed by atoms with E-state index in [1.807, 2.05) is 6.07 Å². The Hall–Kier alpha value is -2.18. The van der Waals surface area contributed by atoms with Crippen LogP contribution in [0.4, 0.5) is 8.78 Å². The molecular weight excluding hydrogens is 350 g/mol. The molecule has 25 heavy (non-hydrogen) atoms. The fraction of sp³-hybridized carbons (Fsp3) is 0.278. The van der Waals surface area contributed by atoms with E-state index in [-0.39, 0.29) is 24.1 Å². The zero-order valence-corrected chi connectivity index (χ0v) is 14.2. The first-order valence-electron chi connectivity index (χ1n) is 7.78. The van der Waals surface area contributed by atoms with Gasteiger partial charge in [0.2, 0.25) is 6.10 Å². The van der Waals surface area contributed by atoms with E-state index < -0.39 is 17.7 Å². The van der Waals surface area contributed by atoms with Crippen molar-refractivity contribution in [2.24, 2.45) is 5.92 Å². The molecule has 1 aliphatic heterocycles. The number of hydrogen-bond acceptors (Lipinski definition) is 3. The molecule has 2 N–H and O–H groups in total. The maximum absolute atomic E-state index is 13.4. The van der Waals surface area contributed by atoms with Crippen molar-refractivity contribution in [1.82, 2.24) is 10.6 Å². The monoisotopic (exact) mass is 368 g/mol. The van der Waals surface area contributed by atoms with E-state index in [9.17, 15) is 13.6 Å². The molecule has 1 saturated heterocycles. The summed E-state index contributed by atoms with van der Waals surface area (Å²) >= 11 is 0. The highest BCUT2D eigenvalue weighted by Crippen LogP contribution is 2.24. The van der Waals surface area contributed by atoms with Crippen molar-refractivity contribution in [3.05, 3.63) is 65.7 Å². The number of halogens is 3. The second-order valence-electron chi connectivity index (χ2n) is 5.75. The first-order valence-corrected chi connectivity index (χ1v) is 7.78. The van der Waals surface area contributed by atoms with Gasteiger partial charge in [-0.25, -0.2) is 8.78 Å². The van der Waals surface area contributed by atoms with Gasteiger partial charge in [-0.2, -0.15) is 0 Å². The molecule has 1 amide bonds. The fourth-order valence-electron chi connectivity index (χ4n) is 2.42. The van der Waals surface area contributed by atoms with Gasteiger partial charge in [-0.3, -0.25) is 4.79 Å². The van der Waals surface area contributed by atoms with Crippen LogP contribution >= 0.6 is 12.4 Å². The molecule has 1 heterocycles. The molecule has 134 valence electrons. The molecule has 1 atom stereocenters. The van der Waals surface area contributed by atoms with Gasteiger partial charge in [-0.15, -0.1) is 12.4 Å². The molecule has 0 aromatic heterocycles. The quantitative estimate of drug-likeness (QED) is 0.824. The van der Waals surface area contributed by atoms with Crippen LogP contribution in [0.5, 0.6) is 5.75 Å². The first-order chi connectivity index (χ1) is 11.6. The molecule has 0 radical (unpaired) electrons. The molecule has 0 saturated carbocycles. The maximum atomic E-state index is 13.4. The predicted octanol–water partition coefficient (Wildman–Crippen LogP) is 2.84. The Kier molecular flexibility index (Phi) is 6.73. The highest BCUT2D eigenvalue weighted by Gasteiger charge is 2.25. The molecule has 3 rings (SSSR count). The third kappa shape index (κ3) is 4.90. The van der Waals surface area contributed by atoms with E-state index in [0.717, 1.165) is 25.2 Å². The molecule has 0 spiro atoms. The van der Waals surface area contributed by atoms with Gasteiger partial charge in [0.25, 0.3) is 5.91 Å². The number of carbonyl (C=O) groups is 1. The van der Waals surface area contributed by atoms with Gasteiger partial charge < -0.3 is 15.4 Å². The van der Waals surface area contributed by atoms with Crippen molar-refractivity contribution in [1.29, 1.82) is 0 Å². The van der Waals surface area contributed by atoms with Gasteiger partial charge in [0.1, 0.15) is 5.75 Å². The van der Waals surface area contributed by atoms with E-state index in [1.54, 1.807) is 24.3 Å². The van der Waals surface area contributed by atoms with Crippen LogP contribution in [0.2, 0.25) is 0 Å². The van der Waals surface area contributed by atoms with Crippen LogP contribution in [-0.4, -0.2) is 25.5 Å². The van der Waals surface area contributed by atoms with E-state index in [0.29, 0.717) is 18.0 Å². The Morgan fingerprint density at radius 1 is 1.16 bits per heavy atom. The molecule has 1 fully saturated rings. The summed E-state index contributed by atoms with van der Waals surface area (Å²) in [5, 5.41) is 6.00. The Labute approximate surface area is 151 Å². The SMILES string of the molecule is Cl.O=C(NCC1CNC1)C(Oc1ccc(F)c(F)c1)c1ccccc1. The van der Waals surface area contributed by atoms with Gasteiger partial charge in [-0.05, 0) is 12.1 Å². The minimum absolute atomic E-state index is 0. The van der Waals surface area contributed by atoms with Crippen LogP contribution in [0.15, 0.2) is 48.5 Å². The van der Waals surface area contributed by atoms with Gasteiger partial charge in [0, 0.05) is 37.2 Å². The third-order valence-electron chi connectivity index (χ3n) is 3.92. The molecule has 1 unspecified atom stereocenters. The van der Waals surface area contributed by atoms with E-state index in [2.05, 4.69) is 10.6 Å². The highest BCUT2D eigenvalue weighted by molar-refractivity contribution is 5.85. The summed E-state index contributed by atoms with van der Waals surface area (Å²) in [6, 6.07) is 12.1. The zero-order chi connectivity index (χ0) is 16.9. The zero-order valence-electron chi connectivity index (χ0n) is 13.4. The van der Waals surface area contributed by atoms with Crippen molar-refractivity contribution in [3.63, 3.8) is 0 Å². The second-order valence-corrected chi connectivity index (χ2v) is 5.75. The van der Waals surface area contributed by atoms with Crippen LogP contribution in [0.25, 0.3) is 0 Å². The van der Waals surface area contributed by atoms with E-state index >= 15 is 0 Å².